The number of nitrogens with one attached hydrogen (secondary N) is 1. The van der Waals surface area contributed by atoms with Gasteiger partial charge in [-0.1, -0.05) is 42.9 Å². The standard InChI is InChI=1S/C14H19ClN2OS/c1-4-14(3,12(16)19)13(18)17-9(2)10-5-7-11(15)8-6-10/h5-9H,4H2,1-3H3,(H2,16,19)(H,17,18). The number of hydrogen-bond donors (Lipinski definition) is 2. The predicted molar refractivity (Wildman–Crippen MR) is 83.2 cm³/mol. The van der Waals surface area contributed by atoms with Crippen molar-refractivity contribution in [3.8, 4) is 0 Å². The fraction of sp³-hybridized carbons (Fsp3) is 0.429. The normalized spacial score (nSPS) is 15.4. The Kier molecular flexibility index (Phi) is 5.32. The van der Waals surface area contributed by atoms with Crippen molar-refractivity contribution in [3.05, 3.63) is 34.9 Å². The molecule has 0 aromatic heterocycles. The second-order valence-electron chi connectivity index (χ2n) is 4.80. The smallest absolute Gasteiger partial charge is 0.233 e. The van der Waals surface area contributed by atoms with E-state index in [0.717, 1.165) is 5.56 Å². The molecule has 104 valence electrons. The molecule has 5 heteroatoms. The van der Waals surface area contributed by atoms with Crippen molar-refractivity contribution in [3.63, 3.8) is 0 Å². The molecular formula is C14H19ClN2OS. The molecule has 0 fully saturated rings. The van der Waals surface area contributed by atoms with E-state index in [1.165, 1.54) is 0 Å². The van der Waals surface area contributed by atoms with E-state index in [-0.39, 0.29) is 16.9 Å². The number of amides is 1. The van der Waals surface area contributed by atoms with Gasteiger partial charge >= 0.3 is 0 Å². The Morgan fingerprint density at radius 3 is 2.42 bits per heavy atom. The summed E-state index contributed by atoms with van der Waals surface area (Å²) in [6.45, 7) is 5.57. The van der Waals surface area contributed by atoms with E-state index in [1.807, 2.05) is 26.0 Å². The van der Waals surface area contributed by atoms with Gasteiger partial charge in [-0.2, -0.15) is 0 Å². The number of carbonyl (C=O) groups excluding carboxylic acids is 1. The van der Waals surface area contributed by atoms with Crippen LogP contribution in [0.3, 0.4) is 0 Å². The maximum Gasteiger partial charge on any atom is 0.233 e. The Bertz CT molecular complexity index is 475. The van der Waals surface area contributed by atoms with Gasteiger partial charge in [0, 0.05) is 5.02 Å². The average Bonchev–Trinajstić information content (AvgIpc) is 2.37. The number of thiocarbonyl (C=S) groups is 1. The summed E-state index contributed by atoms with van der Waals surface area (Å²) in [5.41, 5.74) is 5.85. The highest BCUT2D eigenvalue weighted by molar-refractivity contribution is 7.80. The van der Waals surface area contributed by atoms with E-state index in [0.29, 0.717) is 11.4 Å². The van der Waals surface area contributed by atoms with Gasteiger partial charge in [0.15, 0.2) is 0 Å². The van der Waals surface area contributed by atoms with E-state index in [4.69, 9.17) is 29.6 Å². The highest BCUT2D eigenvalue weighted by atomic mass is 35.5. The van der Waals surface area contributed by atoms with Crippen molar-refractivity contribution < 1.29 is 4.79 Å². The second kappa shape index (κ2) is 6.35. The van der Waals surface area contributed by atoms with Crippen molar-refractivity contribution in [2.45, 2.75) is 33.2 Å². The van der Waals surface area contributed by atoms with Crippen LogP contribution < -0.4 is 11.1 Å². The lowest BCUT2D eigenvalue weighted by Crippen LogP contribution is -2.47. The summed E-state index contributed by atoms with van der Waals surface area (Å²) >= 11 is 10.8. The van der Waals surface area contributed by atoms with E-state index >= 15 is 0 Å². The molecule has 1 amide bonds. The van der Waals surface area contributed by atoms with Crippen LogP contribution in [-0.2, 0) is 4.79 Å². The summed E-state index contributed by atoms with van der Waals surface area (Å²) in [7, 11) is 0. The number of benzene rings is 1. The van der Waals surface area contributed by atoms with Crippen LogP contribution in [0.25, 0.3) is 0 Å². The molecule has 2 atom stereocenters. The number of rotatable bonds is 5. The topological polar surface area (TPSA) is 55.1 Å². The number of hydrogen-bond acceptors (Lipinski definition) is 2. The molecule has 3 nitrogen and oxygen atoms in total. The van der Waals surface area contributed by atoms with Gasteiger partial charge in [0.1, 0.15) is 0 Å². The van der Waals surface area contributed by atoms with Crippen LogP contribution >= 0.6 is 23.8 Å². The third-order valence-electron chi connectivity index (χ3n) is 3.47. The monoisotopic (exact) mass is 298 g/mol. The maximum absolute atomic E-state index is 12.3. The Balaban J connectivity index is 2.81. The largest absolute Gasteiger partial charge is 0.392 e. The molecule has 0 aliphatic carbocycles. The van der Waals surface area contributed by atoms with Gasteiger partial charge in [-0.15, -0.1) is 0 Å². The van der Waals surface area contributed by atoms with Crippen molar-refractivity contribution >= 4 is 34.7 Å². The molecule has 0 aliphatic rings. The Morgan fingerprint density at radius 1 is 1.47 bits per heavy atom. The van der Waals surface area contributed by atoms with Gasteiger partial charge in [0.05, 0.1) is 16.4 Å². The van der Waals surface area contributed by atoms with Crippen LogP contribution in [-0.4, -0.2) is 10.9 Å². The van der Waals surface area contributed by atoms with Crippen molar-refractivity contribution in [1.29, 1.82) is 0 Å². The van der Waals surface area contributed by atoms with Gasteiger partial charge in [0.2, 0.25) is 5.91 Å². The van der Waals surface area contributed by atoms with E-state index in [1.54, 1.807) is 19.1 Å². The number of halogens is 1. The third kappa shape index (κ3) is 3.67. The highest BCUT2D eigenvalue weighted by Gasteiger charge is 2.35. The summed E-state index contributed by atoms with van der Waals surface area (Å²) in [5, 5.41) is 3.61. The Labute approximate surface area is 124 Å². The zero-order valence-electron chi connectivity index (χ0n) is 11.4. The lowest BCUT2D eigenvalue weighted by atomic mass is 9.86. The number of nitrogens with two attached hydrogens (primary N) is 1. The first-order valence-corrected chi connectivity index (χ1v) is 6.96. The molecule has 3 N–H and O–H groups in total. The quantitative estimate of drug-likeness (QED) is 0.821. The zero-order chi connectivity index (χ0) is 14.6. The van der Waals surface area contributed by atoms with Crippen molar-refractivity contribution in [2.75, 3.05) is 0 Å². The van der Waals surface area contributed by atoms with Gasteiger partial charge < -0.3 is 11.1 Å². The van der Waals surface area contributed by atoms with Crippen molar-refractivity contribution in [1.82, 2.24) is 5.32 Å². The minimum absolute atomic E-state index is 0.120. The molecule has 0 bridgehead atoms. The molecule has 0 radical (unpaired) electrons. The SMILES string of the molecule is CCC(C)(C(=O)NC(C)c1ccc(Cl)cc1)C(N)=S. The molecule has 0 heterocycles. The molecule has 2 unspecified atom stereocenters. The molecular weight excluding hydrogens is 280 g/mol. The predicted octanol–water partition coefficient (Wildman–Crippen LogP) is 3.22. The lowest BCUT2D eigenvalue weighted by molar-refractivity contribution is -0.127. The van der Waals surface area contributed by atoms with Crippen LogP contribution in [0.5, 0.6) is 0 Å². The van der Waals surface area contributed by atoms with E-state index in [2.05, 4.69) is 5.32 Å². The van der Waals surface area contributed by atoms with Crippen LogP contribution in [0.1, 0.15) is 38.8 Å². The van der Waals surface area contributed by atoms with Crippen LogP contribution in [0.4, 0.5) is 0 Å². The third-order valence-corrected chi connectivity index (χ3v) is 4.17. The van der Waals surface area contributed by atoms with E-state index < -0.39 is 5.41 Å². The average molecular weight is 299 g/mol. The highest BCUT2D eigenvalue weighted by Crippen LogP contribution is 2.24. The van der Waals surface area contributed by atoms with Crippen molar-refractivity contribution in [2.24, 2.45) is 11.1 Å². The lowest BCUT2D eigenvalue weighted by Gasteiger charge is -2.27. The summed E-state index contributed by atoms with van der Waals surface area (Å²) < 4.78 is 0. The van der Waals surface area contributed by atoms with Gasteiger partial charge in [0.25, 0.3) is 0 Å². The first-order valence-electron chi connectivity index (χ1n) is 6.17. The molecule has 1 aromatic carbocycles. The van der Waals surface area contributed by atoms with Crippen LogP contribution in [0, 0.1) is 5.41 Å². The van der Waals surface area contributed by atoms with Gasteiger partial charge in [-0.3, -0.25) is 4.79 Å². The minimum Gasteiger partial charge on any atom is -0.392 e. The summed E-state index contributed by atoms with van der Waals surface area (Å²) in [6, 6.07) is 7.25. The summed E-state index contributed by atoms with van der Waals surface area (Å²) in [6.07, 6.45) is 0.571. The second-order valence-corrected chi connectivity index (χ2v) is 5.67. The van der Waals surface area contributed by atoms with E-state index in [9.17, 15) is 4.79 Å². The molecule has 0 saturated heterocycles. The van der Waals surface area contributed by atoms with Gasteiger partial charge in [-0.25, -0.2) is 0 Å². The number of carbonyl (C=O) groups is 1. The van der Waals surface area contributed by atoms with Crippen LogP contribution in [0.2, 0.25) is 5.02 Å². The Hall–Kier alpha value is -1.13. The first-order chi connectivity index (χ1) is 8.81. The zero-order valence-corrected chi connectivity index (χ0v) is 12.9. The Morgan fingerprint density at radius 2 is 2.00 bits per heavy atom. The maximum atomic E-state index is 12.3. The fourth-order valence-electron chi connectivity index (χ4n) is 1.64. The molecule has 1 rings (SSSR count). The molecule has 0 aliphatic heterocycles. The first kappa shape index (κ1) is 15.9. The molecule has 0 spiro atoms. The minimum atomic E-state index is -0.810. The summed E-state index contributed by atoms with van der Waals surface area (Å²) in [5.74, 6) is -0.148. The molecule has 1 aromatic rings. The fourth-order valence-corrected chi connectivity index (χ4v) is 2.00. The van der Waals surface area contributed by atoms with Crippen LogP contribution in [0.15, 0.2) is 24.3 Å². The molecule has 19 heavy (non-hydrogen) atoms. The van der Waals surface area contributed by atoms with Gasteiger partial charge in [-0.05, 0) is 38.0 Å². The summed E-state index contributed by atoms with van der Waals surface area (Å²) in [4.78, 5) is 12.5. The molecule has 0 saturated carbocycles.